The van der Waals surface area contributed by atoms with E-state index in [2.05, 4.69) is 21.3 Å². The number of quaternary nitrogens is 1. The van der Waals surface area contributed by atoms with Crippen LogP contribution in [0.25, 0.3) is 0 Å². The molecule has 2 aliphatic heterocycles. The first-order valence-corrected chi connectivity index (χ1v) is 25.4. The number of hydrogen-bond acceptors (Lipinski definition) is 13. The number of aryl methyl sites for hydroxylation is 1. The van der Waals surface area contributed by atoms with Crippen molar-refractivity contribution in [2.75, 3.05) is 45.7 Å². The van der Waals surface area contributed by atoms with Gasteiger partial charge in [0.25, 0.3) is 5.91 Å². The van der Waals surface area contributed by atoms with Crippen molar-refractivity contribution in [1.82, 2.24) is 21.3 Å². The number of aldehydes is 1. The Kier molecular flexibility index (Phi) is 21.4. The second kappa shape index (κ2) is 26.4. The highest BCUT2D eigenvalue weighted by Crippen LogP contribution is 2.30. The Bertz CT molecular complexity index is 2360. The molecule has 3 aromatic rings. The normalized spacial score (nSPS) is 17.9. The summed E-state index contributed by atoms with van der Waals surface area (Å²) in [6, 6.07) is 19.8. The average Bonchev–Trinajstić information content (AvgIpc) is 4.05. The van der Waals surface area contributed by atoms with E-state index in [0.717, 1.165) is 16.7 Å². The SMILES string of the molecule is CC(=O)Oc1ccc(C[N+]2(CC(=O)N[C@@H](CCc3ccccc3)C(=O)N[C@@H](CC(C)C)C(=O)N[C@@H](Cc3ccccc3)C(=O)N[C@@H](CC(C)C)C(=O)[C@@]3(C)CO3)CCOCC2)cc1C=O.CS(=O)(=O)[O-]. The fourth-order valence-electron chi connectivity index (χ4n) is 8.20. The van der Waals surface area contributed by atoms with Crippen LogP contribution in [0.15, 0.2) is 78.9 Å². The zero-order valence-corrected chi connectivity index (χ0v) is 42.0. The monoisotopic (exact) mass is 991 g/mol. The molecule has 0 saturated carbocycles. The molecule has 382 valence electrons. The number of ketones is 1. The van der Waals surface area contributed by atoms with Crippen LogP contribution in [0.4, 0.5) is 0 Å². The molecule has 0 aromatic heterocycles. The lowest BCUT2D eigenvalue weighted by Gasteiger charge is -2.41. The van der Waals surface area contributed by atoms with Crippen LogP contribution in [0.2, 0.25) is 0 Å². The minimum Gasteiger partial charge on any atom is -0.748 e. The van der Waals surface area contributed by atoms with Gasteiger partial charge in [0, 0.05) is 25.2 Å². The third-order valence-corrected chi connectivity index (χ3v) is 11.8. The summed E-state index contributed by atoms with van der Waals surface area (Å²) in [7, 11) is -3.92. The summed E-state index contributed by atoms with van der Waals surface area (Å²) < 4.78 is 43.8. The van der Waals surface area contributed by atoms with E-state index in [-0.39, 0.29) is 71.7 Å². The summed E-state index contributed by atoms with van der Waals surface area (Å²) >= 11 is 0. The summed E-state index contributed by atoms with van der Waals surface area (Å²) in [5, 5.41) is 11.8. The van der Waals surface area contributed by atoms with Gasteiger partial charge in [0.05, 0.1) is 41.5 Å². The molecule has 2 saturated heterocycles. The number of nitrogens with one attached hydrogen (secondary N) is 4. The molecule has 18 nitrogen and oxygen atoms in total. The Morgan fingerprint density at radius 2 is 1.27 bits per heavy atom. The van der Waals surface area contributed by atoms with Gasteiger partial charge in [-0.25, -0.2) is 8.42 Å². The van der Waals surface area contributed by atoms with E-state index in [1.807, 2.05) is 88.4 Å². The average molecular weight is 992 g/mol. The maximum atomic E-state index is 14.4. The van der Waals surface area contributed by atoms with Gasteiger partial charge in [0.15, 0.2) is 18.6 Å². The molecule has 2 heterocycles. The zero-order valence-electron chi connectivity index (χ0n) is 41.2. The van der Waals surface area contributed by atoms with Gasteiger partial charge in [0.2, 0.25) is 17.7 Å². The van der Waals surface area contributed by atoms with Gasteiger partial charge in [-0.2, -0.15) is 0 Å². The van der Waals surface area contributed by atoms with Gasteiger partial charge in [0.1, 0.15) is 49.1 Å². The van der Waals surface area contributed by atoms with Gasteiger partial charge in [-0.1, -0.05) is 88.4 Å². The standard InChI is InChI=1S/C50H65N5O10.CH4O3S/c1-33(2)25-41(46(59)50(6)32-64-50)52-49(62)43(28-37-15-11-8-12-16-37)54-48(61)42(26-34(3)4)53-47(60)40(19-17-36-13-9-7-10-14-36)51-45(58)30-55(21-23-63-24-22-55)29-38-18-20-44(65-35(5)57)39(27-38)31-56;1-5(2,3)4/h7-16,18,20,27,31,33-34,40-43H,17,19,21-26,28-30,32H2,1-6H3,(H3-,51,52,53,54,58,60,61,62);1H3,(H,2,3,4)/t40-,41-,42-,43-,50+;/m0./s1. The Balaban J connectivity index is 0.00000202. The largest absolute Gasteiger partial charge is 0.748 e. The van der Waals surface area contributed by atoms with E-state index in [0.29, 0.717) is 58.2 Å². The Hall–Kier alpha value is -5.86. The zero-order chi connectivity index (χ0) is 51.6. The summed E-state index contributed by atoms with van der Waals surface area (Å²) in [5.41, 5.74) is 1.75. The number of carbonyl (C=O) groups excluding carboxylic acids is 7. The number of Topliss-reactive ketones (excluding diaryl/α,β-unsaturated/α-hetero) is 1. The number of carbonyl (C=O) groups is 7. The number of benzene rings is 3. The highest BCUT2D eigenvalue weighted by Gasteiger charge is 2.50. The van der Waals surface area contributed by atoms with Gasteiger partial charge >= 0.3 is 5.97 Å². The molecular weight excluding hydrogens is 923 g/mol. The van der Waals surface area contributed by atoms with E-state index < -0.39 is 63.6 Å². The lowest BCUT2D eigenvalue weighted by Crippen LogP contribution is -2.61. The van der Waals surface area contributed by atoms with Crippen LogP contribution in [0.1, 0.15) is 87.9 Å². The van der Waals surface area contributed by atoms with E-state index in [1.165, 1.54) is 6.92 Å². The molecule has 0 radical (unpaired) electrons. The molecule has 0 spiro atoms. The number of hydrogen-bond donors (Lipinski definition) is 4. The molecule has 2 aliphatic rings. The molecule has 0 bridgehead atoms. The molecule has 4 N–H and O–H groups in total. The first-order valence-electron chi connectivity index (χ1n) is 23.5. The van der Waals surface area contributed by atoms with Crippen LogP contribution in [-0.4, -0.2) is 135 Å². The molecular formula is C51H69N5O13S. The highest BCUT2D eigenvalue weighted by atomic mass is 32.2. The number of morpholine rings is 1. The van der Waals surface area contributed by atoms with Gasteiger partial charge < -0.3 is 44.5 Å². The van der Waals surface area contributed by atoms with Crippen molar-refractivity contribution in [3.05, 3.63) is 101 Å². The summed E-state index contributed by atoms with van der Waals surface area (Å²) in [6.07, 6.45) is 2.66. The maximum Gasteiger partial charge on any atom is 0.308 e. The minimum absolute atomic E-state index is 0.00162. The van der Waals surface area contributed by atoms with Gasteiger partial charge in [-0.3, -0.25) is 33.6 Å². The van der Waals surface area contributed by atoms with Crippen LogP contribution in [0.3, 0.4) is 0 Å². The van der Waals surface area contributed by atoms with Crippen LogP contribution < -0.4 is 26.0 Å². The summed E-state index contributed by atoms with van der Waals surface area (Å²) in [4.78, 5) is 94.2. The van der Waals surface area contributed by atoms with E-state index in [4.69, 9.17) is 27.2 Å². The molecule has 2 fully saturated rings. The Labute approximate surface area is 411 Å². The fourth-order valence-corrected chi connectivity index (χ4v) is 8.20. The Morgan fingerprint density at radius 1 is 0.757 bits per heavy atom. The topological polar surface area (TPSA) is 256 Å². The molecule has 0 aliphatic carbocycles. The number of amides is 4. The van der Waals surface area contributed by atoms with E-state index >= 15 is 0 Å². The smallest absolute Gasteiger partial charge is 0.308 e. The third kappa shape index (κ3) is 19.5. The predicted octanol–water partition coefficient (Wildman–Crippen LogP) is 3.20. The summed E-state index contributed by atoms with van der Waals surface area (Å²) in [5.74, 6) is -2.63. The maximum absolute atomic E-state index is 14.4. The fraction of sp³-hybridized carbons (Fsp3) is 0.510. The number of rotatable bonds is 24. The lowest BCUT2D eigenvalue weighted by atomic mass is 9.93. The van der Waals surface area contributed by atoms with Gasteiger partial charge in [-0.05, 0) is 73.8 Å². The number of nitrogens with zero attached hydrogens (tertiary/aromatic N) is 1. The van der Waals surface area contributed by atoms with Crippen LogP contribution in [-0.2, 0) is 67.7 Å². The lowest BCUT2D eigenvalue weighted by molar-refractivity contribution is -0.940. The molecule has 0 unspecified atom stereocenters. The molecule has 5 atom stereocenters. The highest BCUT2D eigenvalue weighted by molar-refractivity contribution is 7.84. The van der Waals surface area contributed by atoms with Gasteiger partial charge in [-0.15, -0.1) is 0 Å². The molecule has 5 rings (SSSR count). The first kappa shape index (κ1) is 56.7. The predicted molar refractivity (Wildman–Crippen MR) is 259 cm³/mol. The molecule has 19 heteroatoms. The third-order valence-electron chi connectivity index (χ3n) is 11.8. The van der Waals surface area contributed by atoms with Crippen molar-refractivity contribution in [3.8, 4) is 5.75 Å². The van der Waals surface area contributed by atoms with E-state index in [1.54, 1.807) is 25.1 Å². The second-order valence-corrected chi connectivity index (χ2v) is 20.6. The van der Waals surface area contributed by atoms with E-state index in [9.17, 15) is 33.6 Å². The first-order chi connectivity index (χ1) is 33.0. The van der Waals surface area contributed by atoms with Crippen LogP contribution in [0.5, 0.6) is 5.75 Å². The van der Waals surface area contributed by atoms with Crippen LogP contribution in [0, 0.1) is 11.8 Å². The number of epoxide rings is 1. The van der Waals surface area contributed by atoms with Crippen molar-refractivity contribution >= 4 is 51.8 Å². The summed E-state index contributed by atoms with van der Waals surface area (Å²) in [6.45, 7) is 13.1. The van der Waals surface area contributed by atoms with Crippen molar-refractivity contribution in [2.45, 2.75) is 110 Å². The second-order valence-electron chi connectivity index (χ2n) is 19.2. The molecule has 4 amide bonds. The quantitative estimate of drug-likeness (QED) is 0.0252. The molecule has 70 heavy (non-hydrogen) atoms. The Morgan fingerprint density at radius 3 is 1.81 bits per heavy atom. The minimum atomic E-state index is -3.92. The number of esters is 1. The van der Waals surface area contributed by atoms with Crippen molar-refractivity contribution < 1.29 is 65.2 Å². The van der Waals surface area contributed by atoms with Crippen LogP contribution >= 0.6 is 0 Å². The molecule has 3 aromatic carbocycles. The van der Waals surface area contributed by atoms with Crippen molar-refractivity contribution in [1.29, 1.82) is 0 Å². The van der Waals surface area contributed by atoms with Crippen molar-refractivity contribution in [2.24, 2.45) is 11.8 Å². The number of ether oxygens (including phenoxy) is 3. The van der Waals surface area contributed by atoms with Crippen molar-refractivity contribution in [3.63, 3.8) is 0 Å².